The van der Waals surface area contributed by atoms with Crippen molar-refractivity contribution in [2.24, 2.45) is 0 Å². The third-order valence-corrected chi connectivity index (χ3v) is 3.36. The molecule has 0 heterocycles. The Morgan fingerprint density at radius 2 is 1.71 bits per heavy atom. The molecule has 1 rings (SSSR count). The zero-order chi connectivity index (χ0) is 12.7. The van der Waals surface area contributed by atoms with Crippen LogP contribution in [-0.2, 0) is 0 Å². The fourth-order valence-electron chi connectivity index (χ4n) is 2.24. The minimum Gasteiger partial charge on any atom is -0.369 e. The van der Waals surface area contributed by atoms with Crippen LogP contribution in [0, 0.1) is 6.92 Å². The van der Waals surface area contributed by atoms with Crippen LogP contribution in [0.5, 0.6) is 0 Å². The van der Waals surface area contributed by atoms with Crippen molar-refractivity contribution in [3.63, 3.8) is 0 Å². The summed E-state index contributed by atoms with van der Waals surface area (Å²) >= 11 is 0. The summed E-state index contributed by atoms with van der Waals surface area (Å²) in [6.07, 6.45) is 5.08. The largest absolute Gasteiger partial charge is 0.369 e. The number of nitrogens with zero attached hydrogens (tertiary/aromatic N) is 1. The summed E-state index contributed by atoms with van der Waals surface area (Å²) in [5, 5.41) is 0. The van der Waals surface area contributed by atoms with Crippen molar-refractivity contribution >= 4 is 5.69 Å². The van der Waals surface area contributed by atoms with Gasteiger partial charge in [0.15, 0.2) is 0 Å². The van der Waals surface area contributed by atoms with Gasteiger partial charge in [0, 0.05) is 18.3 Å². The zero-order valence-electron chi connectivity index (χ0n) is 11.9. The molecule has 0 amide bonds. The molecule has 1 heteroatoms. The lowest BCUT2D eigenvalue weighted by molar-refractivity contribution is 0.566. The Labute approximate surface area is 107 Å². The van der Waals surface area contributed by atoms with Crippen molar-refractivity contribution in [2.45, 2.75) is 59.4 Å². The van der Waals surface area contributed by atoms with Gasteiger partial charge in [0.2, 0.25) is 0 Å². The molecular formula is C16H27N. The molecule has 0 spiro atoms. The molecule has 1 atom stereocenters. The van der Waals surface area contributed by atoms with Crippen LogP contribution in [0.1, 0.15) is 52.0 Å². The molecule has 17 heavy (non-hydrogen) atoms. The lowest BCUT2D eigenvalue weighted by atomic mass is 10.1. The van der Waals surface area contributed by atoms with Crippen LogP contribution in [-0.4, -0.2) is 12.6 Å². The third-order valence-electron chi connectivity index (χ3n) is 3.36. The second kappa shape index (κ2) is 7.37. The van der Waals surface area contributed by atoms with Gasteiger partial charge in [0.25, 0.3) is 0 Å². The smallest absolute Gasteiger partial charge is 0.0368 e. The van der Waals surface area contributed by atoms with Crippen LogP contribution < -0.4 is 4.90 Å². The Morgan fingerprint density at radius 3 is 2.24 bits per heavy atom. The van der Waals surface area contributed by atoms with Crippen LogP contribution in [0.3, 0.4) is 0 Å². The topological polar surface area (TPSA) is 3.24 Å². The van der Waals surface area contributed by atoms with Gasteiger partial charge in [-0.2, -0.15) is 0 Å². The molecule has 0 aliphatic heterocycles. The van der Waals surface area contributed by atoms with E-state index in [0.29, 0.717) is 6.04 Å². The Hall–Kier alpha value is -0.980. The highest BCUT2D eigenvalue weighted by Gasteiger charge is 2.12. The van der Waals surface area contributed by atoms with Gasteiger partial charge in [-0.15, -0.1) is 0 Å². The van der Waals surface area contributed by atoms with Gasteiger partial charge in [-0.05, 0) is 38.8 Å². The van der Waals surface area contributed by atoms with Crippen LogP contribution in [0.25, 0.3) is 0 Å². The number of rotatable bonds is 7. The second-order valence-electron chi connectivity index (χ2n) is 5.02. The van der Waals surface area contributed by atoms with Gasteiger partial charge in [-0.3, -0.25) is 0 Å². The van der Waals surface area contributed by atoms with Crippen molar-refractivity contribution < 1.29 is 0 Å². The van der Waals surface area contributed by atoms with Gasteiger partial charge in [0.1, 0.15) is 0 Å². The fourth-order valence-corrected chi connectivity index (χ4v) is 2.24. The summed E-state index contributed by atoms with van der Waals surface area (Å²) in [7, 11) is 0. The zero-order valence-corrected chi connectivity index (χ0v) is 11.9. The standard InChI is InChI=1S/C16H27N/c1-5-7-13-17(15(4)8-6-2)16-11-9-14(3)10-12-16/h9-12,15H,5-8,13H2,1-4H3. The normalized spacial score (nSPS) is 12.5. The van der Waals surface area contributed by atoms with Crippen molar-refractivity contribution in [3.05, 3.63) is 29.8 Å². The molecule has 0 aliphatic carbocycles. The lowest BCUT2D eigenvalue weighted by Gasteiger charge is -2.31. The highest BCUT2D eigenvalue weighted by molar-refractivity contribution is 5.48. The summed E-state index contributed by atoms with van der Waals surface area (Å²) in [5.74, 6) is 0. The van der Waals surface area contributed by atoms with Crippen LogP contribution in [0.4, 0.5) is 5.69 Å². The maximum atomic E-state index is 2.56. The monoisotopic (exact) mass is 233 g/mol. The van der Waals surface area contributed by atoms with E-state index in [1.54, 1.807) is 0 Å². The van der Waals surface area contributed by atoms with Gasteiger partial charge in [-0.25, -0.2) is 0 Å². The Kier molecular flexibility index (Phi) is 6.10. The minimum absolute atomic E-state index is 0.647. The highest BCUT2D eigenvalue weighted by Crippen LogP contribution is 2.20. The van der Waals surface area contributed by atoms with E-state index in [-0.39, 0.29) is 0 Å². The molecule has 1 unspecified atom stereocenters. The number of hydrogen-bond donors (Lipinski definition) is 0. The predicted molar refractivity (Wildman–Crippen MR) is 77.8 cm³/mol. The molecule has 0 radical (unpaired) electrons. The average Bonchev–Trinajstić information content (AvgIpc) is 2.32. The van der Waals surface area contributed by atoms with E-state index in [2.05, 4.69) is 56.9 Å². The van der Waals surface area contributed by atoms with Crippen molar-refractivity contribution in [1.29, 1.82) is 0 Å². The van der Waals surface area contributed by atoms with Crippen molar-refractivity contribution in [1.82, 2.24) is 0 Å². The number of benzene rings is 1. The van der Waals surface area contributed by atoms with E-state index in [9.17, 15) is 0 Å². The first-order valence-electron chi connectivity index (χ1n) is 7.02. The second-order valence-corrected chi connectivity index (χ2v) is 5.02. The van der Waals surface area contributed by atoms with Gasteiger partial charge < -0.3 is 4.90 Å². The highest BCUT2D eigenvalue weighted by atomic mass is 15.2. The SMILES string of the molecule is CCCCN(c1ccc(C)cc1)C(C)CCC. The lowest BCUT2D eigenvalue weighted by Crippen LogP contribution is -2.33. The third kappa shape index (κ3) is 4.41. The first kappa shape index (κ1) is 14.1. The Balaban J connectivity index is 2.77. The molecule has 1 aromatic rings. The molecule has 0 N–H and O–H groups in total. The molecule has 1 nitrogen and oxygen atoms in total. The van der Waals surface area contributed by atoms with Crippen LogP contribution in [0.2, 0.25) is 0 Å². The van der Waals surface area contributed by atoms with Gasteiger partial charge in [0.05, 0.1) is 0 Å². The quantitative estimate of drug-likeness (QED) is 0.654. The van der Waals surface area contributed by atoms with Crippen molar-refractivity contribution in [3.8, 4) is 0 Å². The molecule has 0 bridgehead atoms. The Morgan fingerprint density at radius 1 is 1.06 bits per heavy atom. The molecule has 0 aliphatic rings. The van der Waals surface area contributed by atoms with E-state index in [1.807, 2.05) is 0 Å². The summed E-state index contributed by atoms with van der Waals surface area (Å²) in [5.41, 5.74) is 2.72. The molecule has 96 valence electrons. The van der Waals surface area contributed by atoms with Gasteiger partial charge >= 0.3 is 0 Å². The van der Waals surface area contributed by atoms with Gasteiger partial charge in [-0.1, -0.05) is 44.4 Å². The van der Waals surface area contributed by atoms with E-state index >= 15 is 0 Å². The van der Waals surface area contributed by atoms with E-state index in [4.69, 9.17) is 0 Å². The molecule has 0 aromatic heterocycles. The average molecular weight is 233 g/mol. The molecule has 0 saturated carbocycles. The maximum Gasteiger partial charge on any atom is 0.0368 e. The number of anilines is 1. The van der Waals surface area contributed by atoms with Crippen LogP contribution in [0.15, 0.2) is 24.3 Å². The Bertz CT molecular complexity index is 302. The summed E-state index contributed by atoms with van der Waals surface area (Å²) in [6.45, 7) is 10.2. The number of unbranched alkanes of at least 4 members (excludes halogenated alkanes) is 1. The summed E-state index contributed by atoms with van der Waals surface area (Å²) < 4.78 is 0. The van der Waals surface area contributed by atoms with Crippen molar-refractivity contribution in [2.75, 3.05) is 11.4 Å². The molecule has 1 aromatic carbocycles. The first-order chi connectivity index (χ1) is 8.19. The first-order valence-corrected chi connectivity index (χ1v) is 7.02. The molecule has 0 fully saturated rings. The van der Waals surface area contributed by atoms with E-state index in [1.165, 1.54) is 43.5 Å². The molecule has 0 saturated heterocycles. The number of hydrogen-bond acceptors (Lipinski definition) is 1. The van der Waals surface area contributed by atoms with E-state index in [0.717, 1.165) is 0 Å². The fraction of sp³-hybridized carbons (Fsp3) is 0.625. The van der Waals surface area contributed by atoms with Crippen LogP contribution >= 0.6 is 0 Å². The molecular weight excluding hydrogens is 206 g/mol. The van der Waals surface area contributed by atoms with E-state index < -0.39 is 0 Å². The summed E-state index contributed by atoms with van der Waals surface area (Å²) in [4.78, 5) is 2.56. The predicted octanol–water partition coefficient (Wildman–Crippen LogP) is 4.79. The summed E-state index contributed by atoms with van der Waals surface area (Å²) in [6, 6.07) is 9.60. The number of aryl methyl sites for hydroxylation is 1. The minimum atomic E-state index is 0.647. The maximum absolute atomic E-state index is 2.56.